The molecule has 2 rings (SSSR count). The highest BCUT2D eigenvalue weighted by Gasteiger charge is 2.21. The zero-order chi connectivity index (χ0) is 13.3. The summed E-state index contributed by atoms with van der Waals surface area (Å²) in [6.45, 7) is 9.11. The van der Waals surface area contributed by atoms with Gasteiger partial charge in [0.2, 0.25) is 0 Å². The van der Waals surface area contributed by atoms with Gasteiger partial charge in [0.1, 0.15) is 0 Å². The Bertz CT molecular complexity index is 423. The Morgan fingerprint density at radius 3 is 2.61 bits per heavy atom. The van der Waals surface area contributed by atoms with E-state index in [0.717, 1.165) is 5.92 Å². The van der Waals surface area contributed by atoms with Gasteiger partial charge in [0.05, 0.1) is 5.69 Å². The van der Waals surface area contributed by atoms with Crippen molar-refractivity contribution >= 4 is 21.6 Å². The number of hydrogen-bond acceptors (Lipinski definition) is 1. The molecule has 0 amide bonds. The van der Waals surface area contributed by atoms with Crippen molar-refractivity contribution in [3.63, 3.8) is 0 Å². The van der Waals surface area contributed by atoms with Gasteiger partial charge in [0, 0.05) is 10.5 Å². The molecular formula is C16H24BrN. The highest BCUT2D eigenvalue weighted by Crippen LogP contribution is 2.36. The Morgan fingerprint density at radius 2 is 2.00 bits per heavy atom. The third-order valence-corrected chi connectivity index (χ3v) is 4.35. The van der Waals surface area contributed by atoms with Gasteiger partial charge >= 0.3 is 0 Å². The highest BCUT2D eigenvalue weighted by molar-refractivity contribution is 9.10. The van der Waals surface area contributed by atoms with Crippen LogP contribution in [0.4, 0.5) is 5.69 Å². The molecule has 0 bridgehead atoms. The molecule has 0 fully saturated rings. The molecule has 0 saturated carbocycles. The molecule has 0 aliphatic carbocycles. The molecule has 1 unspecified atom stereocenters. The highest BCUT2D eigenvalue weighted by atomic mass is 79.9. The number of fused-ring (bicyclic) bond motifs is 1. The van der Waals surface area contributed by atoms with E-state index in [1.54, 1.807) is 0 Å². The van der Waals surface area contributed by atoms with Gasteiger partial charge in [-0.2, -0.15) is 0 Å². The van der Waals surface area contributed by atoms with E-state index >= 15 is 0 Å². The van der Waals surface area contributed by atoms with E-state index in [1.165, 1.54) is 40.5 Å². The zero-order valence-corrected chi connectivity index (χ0v) is 13.5. The maximum Gasteiger partial charge on any atom is 0.0519 e. The Balaban J connectivity index is 2.23. The first kappa shape index (κ1) is 13.9. The van der Waals surface area contributed by atoms with Gasteiger partial charge in [-0.15, -0.1) is 0 Å². The molecule has 1 aliphatic rings. The topological polar surface area (TPSA) is 12.0 Å². The Morgan fingerprint density at radius 1 is 1.28 bits per heavy atom. The fourth-order valence-corrected chi connectivity index (χ4v) is 3.36. The minimum atomic E-state index is 0.597. The number of rotatable bonds is 3. The summed E-state index contributed by atoms with van der Waals surface area (Å²) in [4.78, 5) is 0. The van der Waals surface area contributed by atoms with E-state index in [2.05, 4.69) is 61.1 Å². The fraction of sp³-hybridized carbons (Fsp3) is 0.625. The van der Waals surface area contributed by atoms with Crippen molar-refractivity contribution in [2.24, 2.45) is 5.92 Å². The van der Waals surface area contributed by atoms with Crippen LogP contribution in [0.2, 0.25) is 0 Å². The van der Waals surface area contributed by atoms with Crippen molar-refractivity contribution in [1.82, 2.24) is 0 Å². The van der Waals surface area contributed by atoms with Gasteiger partial charge in [-0.25, -0.2) is 0 Å². The second-order valence-electron chi connectivity index (χ2n) is 6.20. The summed E-state index contributed by atoms with van der Waals surface area (Å²) < 4.78 is 1.23. The molecule has 1 aliphatic heterocycles. The molecule has 1 aromatic carbocycles. The summed E-state index contributed by atoms with van der Waals surface area (Å²) in [6, 6.07) is 5.29. The molecule has 1 nitrogen and oxygen atoms in total. The predicted molar refractivity (Wildman–Crippen MR) is 83.4 cm³/mol. The molecule has 1 atom stereocenters. The molecule has 2 heteroatoms. The van der Waals surface area contributed by atoms with Crippen LogP contribution in [0.15, 0.2) is 16.6 Å². The van der Waals surface area contributed by atoms with Crippen molar-refractivity contribution in [2.75, 3.05) is 5.32 Å². The molecule has 1 aromatic rings. The van der Waals surface area contributed by atoms with E-state index in [9.17, 15) is 0 Å². The lowest BCUT2D eigenvalue weighted by molar-refractivity contribution is 0.487. The summed E-state index contributed by atoms with van der Waals surface area (Å²) in [6.07, 6.45) is 3.73. The van der Waals surface area contributed by atoms with E-state index in [4.69, 9.17) is 0 Å². The van der Waals surface area contributed by atoms with Crippen LogP contribution >= 0.6 is 15.9 Å². The van der Waals surface area contributed by atoms with Crippen LogP contribution in [-0.2, 0) is 6.42 Å². The molecule has 0 aromatic heterocycles. The number of hydrogen-bond donors (Lipinski definition) is 1. The van der Waals surface area contributed by atoms with E-state index in [0.29, 0.717) is 12.0 Å². The average Bonchev–Trinajstić information content (AvgIpc) is 2.28. The van der Waals surface area contributed by atoms with Crippen molar-refractivity contribution < 1.29 is 0 Å². The molecule has 18 heavy (non-hydrogen) atoms. The number of benzene rings is 1. The van der Waals surface area contributed by atoms with Crippen molar-refractivity contribution in [2.45, 2.75) is 58.9 Å². The number of nitrogens with one attached hydrogen (secondary N) is 1. The Labute approximate surface area is 119 Å². The van der Waals surface area contributed by atoms with Crippen LogP contribution in [0.1, 0.15) is 57.6 Å². The second kappa shape index (κ2) is 5.64. The minimum Gasteiger partial charge on any atom is -0.381 e. The molecule has 100 valence electrons. The standard InChI is InChI=1S/C16H24BrN/c1-10(2)7-14-6-5-12-8-13(11(3)4)9-15(17)16(12)18-14/h8-11,14,18H,5-7H2,1-4H3. The number of halogens is 1. The quantitative estimate of drug-likeness (QED) is 0.794. The van der Waals surface area contributed by atoms with Gasteiger partial charge in [-0.3, -0.25) is 0 Å². The van der Waals surface area contributed by atoms with Crippen molar-refractivity contribution in [3.8, 4) is 0 Å². The first-order valence-corrected chi connectivity index (χ1v) is 7.85. The second-order valence-corrected chi connectivity index (χ2v) is 7.06. The molecule has 0 spiro atoms. The Hall–Kier alpha value is -0.500. The normalized spacial score (nSPS) is 18.9. The van der Waals surface area contributed by atoms with Crippen LogP contribution in [0.25, 0.3) is 0 Å². The number of aryl methyl sites for hydroxylation is 1. The van der Waals surface area contributed by atoms with Crippen molar-refractivity contribution in [1.29, 1.82) is 0 Å². The van der Waals surface area contributed by atoms with Crippen molar-refractivity contribution in [3.05, 3.63) is 27.7 Å². The SMILES string of the molecule is CC(C)CC1CCc2cc(C(C)C)cc(Br)c2N1. The van der Waals surface area contributed by atoms with E-state index in [-0.39, 0.29) is 0 Å². The molecular weight excluding hydrogens is 286 g/mol. The summed E-state index contributed by atoms with van der Waals surface area (Å²) in [5, 5.41) is 3.72. The maximum atomic E-state index is 3.73. The van der Waals surface area contributed by atoms with Crippen LogP contribution in [-0.4, -0.2) is 6.04 Å². The average molecular weight is 310 g/mol. The lowest BCUT2D eigenvalue weighted by atomic mass is 9.90. The third-order valence-electron chi connectivity index (χ3n) is 3.73. The lowest BCUT2D eigenvalue weighted by Crippen LogP contribution is -2.27. The monoisotopic (exact) mass is 309 g/mol. The van der Waals surface area contributed by atoms with E-state index in [1.807, 2.05) is 0 Å². The smallest absolute Gasteiger partial charge is 0.0519 e. The molecule has 0 saturated heterocycles. The predicted octanol–water partition coefficient (Wildman–Crippen LogP) is 5.35. The van der Waals surface area contributed by atoms with Crippen LogP contribution in [0.3, 0.4) is 0 Å². The first-order chi connectivity index (χ1) is 8.47. The Kier molecular flexibility index (Phi) is 4.37. The lowest BCUT2D eigenvalue weighted by Gasteiger charge is -2.30. The largest absolute Gasteiger partial charge is 0.381 e. The van der Waals surface area contributed by atoms with E-state index < -0.39 is 0 Å². The van der Waals surface area contributed by atoms with Gasteiger partial charge < -0.3 is 5.32 Å². The minimum absolute atomic E-state index is 0.597. The third kappa shape index (κ3) is 3.09. The van der Waals surface area contributed by atoms with Gasteiger partial charge in [-0.1, -0.05) is 33.8 Å². The first-order valence-electron chi connectivity index (χ1n) is 7.06. The summed E-state index contributed by atoms with van der Waals surface area (Å²) in [5.41, 5.74) is 4.24. The van der Waals surface area contributed by atoms with Crippen LogP contribution in [0, 0.1) is 5.92 Å². The van der Waals surface area contributed by atoms with Gasteiger partial charge in [-0.05, 0) is 64.2 Å². The molecule has 0 radical (unpaired) electrons. The molecule has 1 N–H and O–H groups in total. The van der Waals surface area contributed by atoms with Gasteiger partial charge in [0.25, 0.3) is 0 Å². The van der Waals surface area contributed by atoms with Gasteiger partial charge in [0.15, 0.2) is 0 Å². The van der Waals surface area contributed by atoms with Crippen LogP contribution < -0.4 is 5.32 Å². The number of anilines is 1. The summed E-state index contributed by atoms with van der Waals surface area (Å²) in [5.74, 6) is 1.36. The fourth-order valence-electron chi connectivity index (χ4n) is 2.73. The zero-order valence-electron chi connectivity index (χ0n) is 11.9. The summed E-state index contributed by atoms with van der Waals surface area (Å²) in [7, 11) is 0. The summed E-state index contributed by atoms with van der Waals surface area (Å²) >= 11 is 3.73. The maximum absolute atomic E-state index is 3.73. The van der Waals surface area contributed by atoms with Crippen LogP contribution in [0.5, 0.6) is 0 Å². The molecule has 1 heterocycles.